The molecule has 162 valence electrons. The minimum atomic E-state index is -0.833. The van der Waals surface area contributed by atoms with Crippen LogP contribution in [-0.2, 0) is 4.79 Å². The van der Waals surface area contributed by atoms with Crippen molar-refractivity contribution in [3.63, 3.8) is 0 Å². The highest BCUT2D eigenvalue weighted by Crippen LogP contribution is 2.34. The number of nitrogens with one attached hydrogen (secondary N) is 3. The Morgan fingerprint density at radius 3 is 2.72 bits per heavy atom. The topological polar surface area (TPSA) is 155 Å². The number of H-pyrrole nitrogens is 2. The lowest BCUT2D eigenvalue weighted by molar-refractivity contribution is -0.134. The zero-order valence-corrected chi connectivity index (χ0v) is 17.4. The zero-order chi connectivity index (χ0) is 22.7. The summed E-state index contributed by atoms with van der Waals surface area (Å²) in [5.41, 5.74) is 10.5. The monoisotopic (exact) mass is 431 g/mol. The minimum absolute atomic E-state index is 0.221. The summed E-state index contributed by atoms with van der Waals surface area (Å²) in [4.78, 5) is 20.6. The summed E-state index contributed by atoms with van der Waals surface area (Å²) in [7, 11) is 1.66. The number of carboxylic acids is 1. The van der Waals surface area contributed by atoms with Crippen molar-refractivity contribution in [3.8, 4) is 17.0 Å². The molecular weight excluding hydrogens is 410 g/mol. The van der Waals surface area contributed by atoms with Crippen LogP contribution in [0.25, 0.3) is 33.1 Å². The second-order valence-corrected chi connectivity index (χ2v) is 6.94. The summed E-state index contributed by atoms with van der Waals surface area (Å²) in [6.07, 6.45) is 3.41. The average Bonchev–Trinajstić information content (AvgIpc) is 3.39. The Morgan fingerprint density at radius 2 is 1.97 bits per heavy atom. The molecule has 32 heavy (non-hydrogen) atoms. The first-order valence-electron chi connectivity index (χ1n) is 9.62. The molecule has 0 aliphatic heterocycles. The van der Waals surface area contributed by atoms with Crippen LogP contribution in [0.4, 0.5) is 17.5 Å². The number of rotatable bonds is 4. The van der Waals surface area contributed by atoms with E-state index in [1.807, 2.05) is 30.3 Å². The van der Waals surface area contributed by atoms with Crippen LogP contribution in [0.3, 0.4) is 0 Å². The maximum Gasteiger partial charge on any atom is 0.300 e. The summed E-state index contributed by atoms with van der Waals surface area (Å²) < 4.78 is 5.33. The van der Waals surface area contributed by atoms with Crippen molar-refractivity contribution >= 4 is 45.2 Å². The number of carbonyl (C=O) groups is 1. The summed E-state index contributed by atoms with van der Waals surface area (Å²) in [6.45, 7) is 1.08. The van der Waals surface area contributed by atoms with Gasteiger partial charge in [0.15, 0.2) is 0 Å². The molecule has 3 heterocycles. The number of fused-ring (bicyclic) bond motifs is 2. The molecule has 0 bridgehead atoms. The summed E-state index contributed by atoms with van der Waals surface area (Å²) in [5.74, 6) is 0.836. The maximum absolute atomic E-state index is 9.00. The van der Waals surface area contributed by atoms with Gasteiger partial charge >= 0.3 is 0 Å². The van der Waals surface area contributed by atoms with Crippen molar-refractivity contribution in [2.24, 2.45) is 0 Å². The van der Waals surface area contributed by atoms with Crippen molar-refractivity contribution in [1.29, 1.82) is 0 Å². The van der Waals surface area contributed by atoms with Crippen LogP contribution in [0.5, 0.6) is 5.75 Å². The van der Waals surface area contributed by atoms with Crippen LogP contribution >= 0.6 is 0 Å². The van der Waals surface area contributed by atoms with Gasteiger partial charge in [0.1, 0.15) is 11.6 Å². The Bertz CT molecular complexity index is 1400. The molecule has 0 atom stereocenters. The molecule has 0 saturated heterocycles. The normalized spacial score (nSPS) is 10.6. The van der Waals surface area contributed by atoms with E-state index in [2.05, 4.69) is 36.5 Å². The first-order valence-corrected chi connectivity index (χ1v) is 9.62. The van der Waals surface area contributed by atoms with E-state index in [9.17, 15) is 0 Å². The van der Waals surface area contributed by atoms with Crippen LogP contribution in [0.2, 0.25) is 0 Å². The van der Waals surface area contributed by atoms with Gasteiger partial charge in [0.05, 0.1) is 18.8 Å². The first-order chi connectivity index (χ1) is 15.4. The van der Waals surface area contributed by atoms with Crippen molar-refractivity contribution in [1.82, 2.24) is 25.1 Å². The molecular formula is C22H21N7O3. The van der Waals surface area contributed by atoms with Crippen LogP contribution in [0.1, 0.15) is 6.92 Å². The molecule has 10 heteroatoms. The lowest BCUT2D eigenvalue weighted by atomic mass is 10.1. The summed E-state index contributed by atoms with van der Waals surface area (Å²) in [6, 6.07) is 13.9. The van der Waals surface area contributed by atoms with Gasteiger partial charge in [0.25, 0.3) is 5.97 Å². The molecule has 3 aromatic heterocycles. The van der Waals surface area contributed by atoms with Crippen molar-refractivity contribution in [3.05, 3.63) is 54.9 Å². The standard InChI is InChI=1S/C20H17N7O.C2H4O2/c1-28-14-2-3-16-11(7-14)8-17(25-16)15-9-13(6-12-10-23-27-19(12)15)24-18-4-5-22-20(21)26-18;1-2(3)4/h2-10,25H,1H3,(H,23,27)(H3,21,22,24,26);1H3,(H,3,4). The number of methoxy groups -OCH3 is 1. The maximum atomic E-state index is 9.00. The number of hydrogen-bond acceptors (Lipinski definition) is 7. The van der Waals surface area contributed by atoms with Gasteiger partial charge in [-0.2, -0.15) is 10.1 Å². The third-order valence-electron chi connectivity index (χ3n) is 4.61. The first kappa shape index (κ1) is 20.7. The lowest BCUT2D eigenvalue weighted by Crippen LogP contribution is -1.99. The van der Waals surface area contributed by atoms with Crippen LogP contribution in [0, 0.1) is 0 Å². The molecule has 0 aliphatic rings. The molecule has 0 aliphatic carbocycles. The molecule has 10 nitrogen and oxygen atoms in total. The number of benzene rings is 2. The SMILES string of the molecule is CC(=O)O.COc1ccc2[nH]c(-c3cc(Nc4ccnc(N)n4)cc4cn[nH]c34)cc2c1. The number of ether oxygens (including phenoxy) is 1. The Kier molecular flexibility index (Phi) is 5.58. The fraction of sp³-hybridized carbons (Fsp3) is 0.0909. The van der Waals surface area contributed by atoms with Crippen LogP contribution in [0.15, 0.2) is 54.9 Å². The van der Waals surface area contributed by atoms with Crippen molar-refractivity contribution in [2.45, 2.75) is 6.92 Å². The van der Waals surface area contributed by atoms with Gasteiger partial charge in [-0.1, -0.05) is 0 Å². The van der Waals surface area contributed by atoms with E-state index in [1.165, 1.54) is 0 Å². The number of aromatic nitrogens is 5. The Hall–Kier alpha value is -4.60. The summed E-state index contributed by atoms with van der Waals surface area (Å²) in [5, 5.41) is 20.0. The van der Waals surface area contributed by atoms with E-state index < -0.39 is 5.97 Å². The number of aromatic amines is 2. The fourth-order valence-corrected chi connectivity index (χ4v) is 3.32. The number of nitrogens with two attached hydrogens (primary N) is 1. The molecule has 0 saturated carbocycles. The molecule has 0 spiro atoms. The molecule has 6 N–H and O–H groups in total. The van der Waals surface area contributed by atoms with Gasteiger partial charge < -0.3 is 25.9 Å². The van der Waals surface area contributed by atoms with E-state index in [-0.39, 0.29) is 5.95 Å². The zero-order valence-electron chi connectivity index (χ0n) is 17.4. The van der Waals surface area contributed by atoms with Gasteiger partial charge in [-0.05, 0) is 42.5 Å². The van der Waals surface area contributed by atoms with Gasteiger partial charge in [-0.25, -0.2) is 4.98 Å². The molecule has 2 aromatic carbocycles. The van der Waals surface area contributed by atoms with E-state index in [1.54, 1.807) is 25.6 Å². The number of hydrogen-bond donors (Lipinski definition) is 5. The Balaban J connectivity index is 0.000000567. The predicted molar refractivity (Wildman–Crippen MR) is 123 cm³/mol. The smallest absolute Gasteiger partial charge is 0.300 e. The van der Waals surface area contributed by atoms with E-state index in [4.69, 9.17) is 20.4 Å². The van der Waals surface area contributed by atoms with Gasteiger partial charge in [-0.3, -0.25) is 9.89 Å². The summed E-state index contributed by atoms with van der Waals surface area (Å²) >= 11 is 0. The Labute approximate surface area is 182 Å². The predicted octanol–water partition coefficient (Wildman–Crippen LogP) is 3.93. The van der Waals surface area contributed by atoms with Gasteiger partial charge in [0.2, 0.25) is 5.95 Å². The largest absolute Gasteiger partial charge is 0.497 e. The highest BCUT2D eigenvalue weighted by molar-refractivity contribution is 5.99. The molecule has 0 fully saturated rings. The van der Waals surface area contributed by atoms with Crippen molar-refractivity contribution in [2.75, 3.05) is 18.2 Å². The highest BCUT2D eigenvalue weighted by atomic mass is 16.5. The number of nitrogens with zero attached hydrogens (tertiary/aromatic N) is 3. The number of aliphatic carboxylic acids is 1. The number of nitrogen functional groups attached to an aromatic ring is 1. The van der Waals surface area contributed by atoms with E-state index in [0.717, 1.165) is 51.4 Å². The minimum Gasteiger partial charge on any atom is -0.497 e. The molecule has 5 aromatic rings. The lowest BCUT2D eigenvalue weighted by Gasteiger charge is -2.09. The van der Waals surface area contributed by atoms with Crippen LogP contribution in [-0.4, -0.2) is 43.3 Å². The Morgan fingerprint density at radius 1 is 1.16 bits per heavy atom. The molecule has 0 radical (unpaired) electrons. The van der Waals surface area contributed by atoms with Gasteiger partial charge in [0, 0.05) is 46.4 Å². The van der Waals surface area contributed by atoms with E-state index in [0.29, 0.717) is 5.82 Å². The third kappa shape index (κ3) is 4.43. The van der Waals surface area contributed by atoms with Crippen molar-refractivity contribution < 1.29 is 14.6 Å². The number of anilines is 3. The fourth-order valence-electron chi connectivity index (χ4n) is 3.32. The quantitative estimate of drug-likeness (QED) is 0.287. The molecule has 0 unspecified atom stereocenters. The van der Waals surface area contributed by atoms with Crippen LogP contribution < -0.4 is 15.8 Å². The van der Waals surface area contributed by atoms with E-state index >= 15 is 0 Å². The third-order valence-corrected chi connectivity index (χ3v) is 4.61. The highest BCUT2D eigenvalue weighted by Gasteiger charge is 2.12. The molecule has 0 amide bonds. The molecule has 5 rings (SSSR count). The van der Waals surface area contributed by atoms with Gasteiger partial charge in [-0.15, -0.1) is 0 Å². The number of carboxylic acid groups (broad SMARTS) is 1. The second kappa shape index (κ2) is 8.64. The average molecular weight is 431 g/mol. The second-order valence-electron chi connectivity index (χ2n) is 6.94.